The SMILES string of the molecule is Cc1ccc(C(O)(c2ccc(C)cc2)C(NC(=O)CC(=O)NC(C(C)(C)C)C(O)(c2ccc(C)cc2)c2ccc(C)cc2)C(C)(C)C)cc1. The van der Waals surface area contributed by atoms with Crippen LogP contribution in [0, 0.1) is 38.5 Å². The number of aliphatic hydroxyl groups is 2. The van der Waals surface area contributed by atoms with Crippen molar-refractivity contribution in [2.24, 2.45) is 10.8 Å². The smallest absolute Gasteiger partial charge is 0.229 e. The Bertz CT molecular complexity index is 1510. The van der Waals surface area contributed by atoms with Gasteiger partial charge >= 0.3 is 0 Å². The predicted octanol–water partition coefficient (Wildman–Crippen LogP) is 7.54. The second-order valence-electron chi connectivity index (χ2n) is 15.9. The molecule has 0 fully saturated rings. The summed E-state index contributed by atoms with van der Waals surface area (Å²) >= 11 is 0. The van der Waals surface area contributed by atoms with Crippen LogP contribution in [0.1, 0.15) is 92.5 Å². The average molecular weight is 663 g/mol. The Balaban J connectivity index is 1.69. The molecule has 0 heterocycles. The molecule has 4 N–H and O–H groups in total. The topological polar surface area (TPSA) is 98.7 Å². The Morgan fingerprint density at radius 3 is 0.857 bits per heavy atom. The first-order valence-corrected chi connectivity index (χ1v) is 17.1. The van der Waals surface area contributed by atoms with Gasteiger partial charge in [-0.3, -0.25) is 9.59 Å². The Kier molecular flexibility index (Phi) is 11.0. The van der Waals surface area contributed by atoms with E-state index in [4.69, 9.17) is 0 Å². The highest BCUT2D eigenvalue weighted by Gasteiger charge is 2.49. The van der Waals surface area contributed by atoms with E-state index in [-0.39, 0.29) is 0 Å². The van der Waals surface area contributed by atoms with Gasteiger partial charge in [-0.05, 0) is 60.8 Å². The number of hydrogen-bond acceptors (Lipinski definition) is 4. The maximum Gasteiger partial charge on any atom is 0.229 e. The lowest BCUT2D eigenvalue weighted by Gasteiger charge is -2.45. The number of aryl methyl sites for hydroxylation is 4. The normalized spacial score (nSPS) is 13.8. The third-order valence-electron chi connectivity index (χ3n) is 9.47. The first-order valence-electron chi connectivity index (χ1n) is 17.1. The summed E-state index contributed by atoms with van der Waals surface area (Å²) in [5, 5.41) is 31.6. The number of rotatable bonds is 10. The minimum atomic E-state index is -1.60. The van der Waals surface area contributed by atoms with Crippen LogP contribution >= 0.6 is 0 Å². The molecule has 0 bridgehead atoms. The van der Waals surface area contributed by atoms with E-state index >= 15 is 0 Å². The molecule has 0 aromatic heterocycles. The summed E-state index contributed by atoms with van der Waals surface area (Å²) in [7, 11) is 0. The molecule has 0 saturated heterocycles. The summed E-state index contributed by atoms with van der Waals surface area (Å²) in [6, 6.07) is 29.0. The zero-order chi connectivity index (χ0) is 36.4. The van der Waals surface area contributed by atoms with E-state index in [2.05, 4.69) is 10.6 Å². The van der Waals surface area contributed by atoms with Gasteiger partial charge in [0, 0.05) is 0 Å². The predicted molar refractivity (Wildman–Crippen MR) is 198 cm³/mol. The first-order chi connectivity index (χ1) is 22.8. The van der Waals surface area contributed by atoms with E-state index in [1.54, 1.807) is 0 Å². The molecule has 0 aliphatic heterocycles. The van der Waals surface area contributed by atoms with Crippen LogP contribution in [-0.4, -0.2) is 34.1 Å². The van der Waals surface area contributed by atoms with Gasteiger partial charge in [-0.2, -0.15) is 0 Å². The summed E-state index contributed by atoms with van der Waals surface area (Å²) in [6.45, 7) is 19.7. The van der Waals surface area contributed by atoms with Gasteiger partial charge in [0.2, 0.25) is 11.8 Å². The van der Waals surface area contributed by atoms with Gasteiger partial charge in [0.05, 0.1) is 12.1 Å². The minimum Gasteiger partial charge on any atom is -0.378 e. The number of amides is 2. The molecule has 0 aliphatic rings. The number of hydrogen-bond donors (Lipinski definition) is 4. The van der Waals surface area contributed by atoms with E-state index in [0.717, 1.165) is 22.3 Å². The third-order valence-corrected chi connectivity index (χ3v) is 9.47. The van der Waals surface area contributed by atoms with Gasteiger partial charge in [-0.15, -0.1) is 0 Å². The summed E-state index contributed by atoms with van der Waals surface area (Å²) in [5.41, 5.74) is 2.31. The van der Waals surface area contributed by atoms with E-state index in [1.807, 2.05) is 166 Å². The fourth-order valence-corrected chi connectivity index (χ4v) is 6.70. The molecule has 2 atom stereocenters. The van der Waals surface area contributed by atoms with Crippen molar-refractivity contribution in [2.45, 2.75) is 98.9 Å². The van der Waals surface area contributed by atoms with Crippen molar-refractivity contribution < 1.29 is 19.8 Å². The van der Waals surface area contributed by atoms with Gasteiger partial charge < -0.3 is 20.8 Å². The van der Waals surface area contributed by atoms with Crippen molar-refractivity contribution in [3.05, 3.63) is 142 Å². The van der Waals surface area contributed by atoms with Crippen LogP contribution in [0.4, 0.5) is 0 Å². The van der Waals surface area contributed by atoms with Crippen LogP contribution in [0.5, 0.6) is 0 Å². The highest BCUT2D eigenvalue weighted by atomic mass is 16.3. The lowest BCUT2D eigenvalue weighted by Crippen LogP contribution is -2.60. The van der Waals surface area contributed by atoms with E-state index < -0.39 is 52.4 Å². The lowest BCUT2D eigenvalue weighted by molar-refractivity contribution is -0.134. The van der Waals surface area contributed by atoms with Crippen LogP contribution in [0.3, 0.4) is 0 Å². The molecule has 4 aromatic carbocycles. The molecule has 2 amide bonds. The van der Waals surface area contributed by atoms with Crippen molar-refractivity contribution in [3.8, 4) is 0 Å². The van der Waals surface area contributed by atoms with Gasteiger partial charge in [0.15, 0.2) is 0 Å². The molecule has 260 valence electrons. The summed E-state index contributed by atoms with van der Waals surface area (Å²) in [5.74, 6) is -1.06. The van der Waals surface area contributed by atoms with E-state index in [1.165, 1.54) is 0 Å². The monoisotopic (exact) mass is 662 g/mol. The largest absolute Gasteiger partial charge is 0.378 e. The number of nitrogens with one attached hydrogen (secondary N) is 2. The summed E-state index contributed by atoms with van der Waals surface area (Å²) < 4.78 is 0. The van der Waals surface area contributed by atoms with Crippen LogP contribution < -0.4 is 10.6 Å². The zero-order valence-corrected chi connectivity index (χ0v) is 30.8. The van der Waals surface area contributed by atoms with Crippen LogP contribution in [0.15, 0.2) is 97.1 Å². The quantitative estimate of drug-likeness (QED) is 0.132. The zero-order valence-electron chi connectivity index (χ0n) is 30.8. The fourth-order valence-electron chi connectivity index (χ4n) is 6.70. The second kappa shape index (κ2) is 14.3. The van der Waals surface area contributed by atoms with Crippen LogP contribution in [0.2, 0.25) is 0 Å². The van der Waals surface area contributed by atoms with Crippen molar-refractivity contribution in [1.82, 2.24) is 10.6 Å². The van der Waals surface area contributed by atoms with Crippen LogP contribution in [-0.2, 0) is 20.8 Å². The molecule has 4 rings (SSSR count). The molecule has 6 nitrogen and oxygen atoms in total. The highest BCUT2D eigenvalue weighted by molar-refractivity contribution is 5.97. The molecule has 0 radical (unpaired) electrons. The molecule has 2 unspecified atom stereocenters. The molecule has 0 saturated carbocycles. The first kappa shape index (κ1) is 37.6. The molecule has 0 spiro atoms. The van der Waals surface area contributed by atoms with Crippen molar-refractivity contribution in [1.29, 1.82) is 0 Å². The second-order valence-corrected chi connectivity index (χ2v) is 15.9. The van der Waals surface area contributed by atoms with Crippen molar-refractivity contribution in [3.63, 3.8) is 0 Å². The highest BCUT2D eigenvalue weighted by Crippen LogP contribution is 2.42. The molecular weight excluding hydrogens is 608 g/mol. The van der Waals surface area contributed by atoms with Gasteiger partial charge in [0.25, 0.3) is 0 Å². The van der Waals surface area contributed by atoms with Crippen molar-refractivity contribution in [2.75, 3.05) is 0 Å². The minimum absolute atomic E-state index is 0.491. The summed E-state index contributed by atoms with van der Waals surface area (Å²) in [4.78, 5) is 27.8. The Morgan fingerprint density at radius 2 is 0.673 bits per heavy atom. The number of benzene rings is 4. The van der Waals surface area contributed by atoms with Crippen molar-refractivity contribution >= 4 is 11.8 Å². The Labute approximate surface area is 293 Å². The maximum atomic E-state index is 13.9. The molecule has 6 heteroatoms. The maximum absolute atomic E-state index is 13.9. The fraction of sp³-hybridized carbons (Fsp3) is 0.395. The lowest BCUT2D eigenvalue weighted by atomic mass is 9.69. The standard InChI is InChI=1S/C43H54N2O4/c1-28-11-19-32(20-12-28)42(48,33-21-13-29(2)14-22-33)38(40(5,6)7)44-36(46)27-37(47)45-39(41(8,9)10)43(49,34-23-15-30(3)16-24-34)35-25-17-31(4)18-26-35/h11-26,38-39,48-49H,27H2,1-10H3,(H,44,46)(H,45,47). The summed E-state index contributed by atoms with van der Waals surface area (Å²) in [6.07, 6.45) is -0.491. The van der Waals surface area contributed by atoms with E-state index in [9.17, 15) is 19.8 Å². The van der Waals surface area contributed by atoms with Gasteiger partial charge in [-0.25, -0.2) is 0 Å². The average Bonchev–Trinajstić information content (AvgIpc) is 3.02. The Morgan fingerprint density at radius 1 is 0.469 bits per heavy atom. The number of carbonyl (C=O) groups is 2. The molecule has 0 aliphatic carbocycles. The third kappa shape index (κ3) is 8.31. The number of carbonyl (C=O) groups excluding carboxylic acids is 2. The Hall–Kier alpha value is -4.26. The molecular formula is C43H54N2O4. The van der Waals surface area contributed by atoms with Gasteiger partial charge in [-0.1, -0.05) is 161 Å². The molecule has 4 aromatic rings. The molecule has 49 heavy (non-hydrogen) atoms. The van der Waals surface area contributed by atoms with Gasteiger partial charge in [0.1, 0.15) is 17.6 Å². The van der Waals surface area contributed by atoms with Crippen LogP contribution in [0.25, 0.3) is 0 Å². The van der Waals surface area contributed by atoms with E-state index in [0.29, 0.717) is 22.3 Å².